The molecular formula is C17H23N3. The average Bonchev–Trinajstić information content (AvgIpc) is 2.44. The van der Waals surface area contributed by atoms with Gasteiger partial charge < -0.3 is 5.32 Å². The number of nitrogens with zero attached hydrogens (tertiary/aromatic N) is 2. The summed E-state index contributed by atoms with van der Waals surface area (Å²) >= 11 is 0. The van der Waals surface area contributed by atoms with Gasteiger partial charge >= 0.3 is 0 Å². The van der Waals surface area contributed by atoms with Gasteiger partial charge in [0.2, 0.25) is 0 Å². The van der Waals surface area contributed by atoms with Crippen LogP contribution in [0, 0.1) is 6.92 Å². The van der Waals surface area contributed by atoms with Gasteiger partial charge in [0.1, 0.15) is 11.6 Å². The van der Waals surface area contributed by atoms with Gasteiger partial charge in [-0.05, 0) is 19.4 Å². The Labute approximate surface area is 121 Å². The van der Waals surface area contributed by atoms with Crippen LogP contribution in [0.3, 0.4) is 0 Å². The van der Waals surface area contributed by atoms with Crippen LogP contribution in [-0.2, 0) is 0 Å². The fourth-order valence-electron chi connectivity index (χ4n) is 2.02. The third-order valence-corrected chi connectivity index (χ3v) is 3.13. The van der Waals surface area contributed by atoms with Crippen LogP contribution in [0.25, 0.3) is 11.3 Å². The maximum absolute atomic E-state index is 4.70. The summed E-state index contributed by atoms with van der Waals surface area (Å²) < 4.78 is 0. The molecule has 0 spiro atoms. The molecule has 1 aromatic carbocycles. The number of aryl methyl sites for hydroxylation is 1. The van der Waals surface area contributed by atoms with E-state index in [2.05, 4.69) is 62.3 Å². The Balaban J connectivity index is 2.43. The summed E-state index contributed by atoms with van der Waals surface area (Å²) in [6.07, 6.45) is 1.08. The van der Waals surface area contributed by atoms with Gasteiger partial charge in [0, 0.05) is 24.1 Å². The first-order valence-corrected chi connectivity index (χ1v) is 7.30. The Bertz CT molecular complexity index is 576. The highest BCUT2D eigenvalue weighted by molar-refractivity contribution is 5.63. The second-order valence-corrected chi connectivity index (χ2v) is 5.45. The monoisotopic (exact) mass is 269 g/mol. The highest BCUT2D eigenvalue weighted by Gasteiger charge is 2.09. The average molecular weight is 269 g/mol. The smallest absolute Gasteiger partial charge is 0.133 e. The fraction of sp³-hybridized carbons (Fsp3) is 0.412. The van der Waals surface area contributed by atoms with Gasteiger partial charge in [-0.3, -0.25) is 0 Å². The van der Waals surface area contributed by atoms with Crippen LogP contribution < -0.4 is 5.32 Å². The summed E-state index contributed by atoms with van der Waals surface area (Å²) in [5.41, 5.74) is 3.38. The summed E-state index contributed by atoms with van der Waals surface area (Å²) in [5.74, 6) is 2.13. The van der Waals surface area contributed by atoms with Crippen LogP contribution in [-0.4, -0.2) is 16.5 Å². The van der Waals surface area contributed by atoms with E-state index in [0.717, 1.165) is 35.9 Å². The van der Waals surface area contributed by atoms with Gasteiger partial charge in [-0.1, -0.05) is 44.5 Å². The molecule has 0 fully saturated rings. The molecule has 0 saturated carbocycles. The highest BCUT2D eigenvalue weighted by atomic mass is 15.0. The number of benzene rings is 1. The van der Waals surface area contributed by atoms with Crippen molar-refractivity contribution in [2.45, 2.75) is 40.0 Å². The molecule has 0 aliphatic rings. The SMILES string of the molecule is CCCNc1cc(-c2cccc(C)c2)nc(C(C)C)n1. The molecular weight excluding hydrogens is 246 g/mol. The molecule has 2 aromatic rings. The molecule has 106 valence electrons. The van der Waals surface area contributed by atoms with E-state index < -0.39 is 0 Å². The van der Waals surface area contributed by atoms with Crippen molar-refractivity contribution in [2.24, 2.45) is 0 Å². The molecule has 20 heavy (non-hydrogen) atoms. The van der Waals surface area contributed by atoms with Crippen molar-refractivity contribution in [3.05, 3.63) is 41.7 Å². The van der Waals surface area contributed by atoms with E-state index in [-0.39, 0.29) is 0 Å². The maximum atomic E-state index is 4.70. The van der Waals surface area contributed by atoms with Gasteiger partial charge in [-0.15, -0.1) is 0 Å². The Morgan fingerprint density at radius 2 is 1.95 bits per heavy atom. The van der Waals surface area contributed by atoms with Crippen molar-refractivity contribution in [1.29, 1.82) is 0 Å². The minimum Gasteiger partial charge on any atom is -0.370 e. The molecule has 0 radical (unpaired) electrons. The molecule has 0 amide bonds. The largest absolute Gasteiger partial charge is 0.370 e. The van der Waals surface area contributed by atoms with Gasteiger partial charge in [0.25, 0.3) is 0 Å². The molecule has 3 nitrogen and oxygen atoms in total. The zero-order valence-corrected chi connectivity index (χ0v) is 12.8. The lowest BCUT2D eigenvalue weighted by Crippen LogP contribution is -2.07. The molecule has 1 aromatic heterocycles. The van der Waals surface area contributed by atoms with Crippen LogP contribution in [0.15, 0.2) is 30.3 Å². The molecule has 0 saturated heterocycles. The number of aromatic nitrogens is 2. The lowest BCUT2D eigenvalue weighted by molar-refractivity contribution is 0.775. The van der Waals surface area contributed by atoms with E-state index in [1.54, 1.807) is 0 Å². The third kappa shape index (κ3) is 3.56. The van der Waals surface area contributed by atoms with Crippen molar-refractivity contribution >= 4 is 5.82 Å². The predicted octanol–water partition coefficient (Wildman–Crippen LogP) is 4.40. The number of anilines is 1. The van der Waals surface area contributed by atoms with Crippen molar-refractivity contribution < 1.29 is 0 Å². The molecule has 0 bridgehead atoms. The van der Waals surface area contributed by atoms with E-state index in [1.807, 2.05) is 6.07 Å². The molecule has 0 aliphatic carbocycles. The third-order valence-electron chi connectivity index (χ3n) is 3.13. The number of hydrogen-bond donors (Lipinski definition) is 1. The molecule has 0 atom stereocenters. The van der Waals surface area contributed by atoms with Crippen LogP contribution in [0.2, 0.25) is 0 Å². The number of rotatable bonds is 5. The Kier molecular flexibility index (Phi) is 4.72. The van der Waals surface area contributed by atoms with Gasteiger partial charge in [-0.2, -0.15) is 0 Å². The zero-order valence-electron chi connectivity index (χ0n) is 12.8. The number of nitrogens with one attached hydrogen (secondary N) is 1. The van der Waals surface area contributed by atoms with Gasteiger partial charge in [0.05, 0.1) is 5.69 Å². The van der Waals surface area contributed by atoms with Crippen LogP contribution in [0.1, 0.15) is 44.5 Å². The van der Waals surface area contributed by atoms with E-state index in [0.29, 0.717) is 5.92 Å². The Hall–Kier alpha value is -1.90. The molecule has 1 N–H and O–H groups in total. The summed E-state index contributed by atoms with van der Waals surface area (Å²) in [7, 11) is 0. The second-order valence-electron chi connectivity index (χ2n) is 5.45. The quantitative estimate of drug-likeness (QED) is 0.874. The summed E-state index contributed by atoms with van der Waals surface area (Å²) in [6, 6.07) is 10.5. The Morgan fingerprint density at radius 3 is 2.60 bits per heavy atom. The lowest BCUT2D eigenvalue weighted by atomic mass is 10.1. The maximum Gasteiger partial charge on any atom is 0.133 e. The normalized spacial score (nSPS) is 10.8. The van der Waals surface area contributed by atoms with Crippen LogP contribution in [0.4, 0.5) is 5.82 Å². The zero-order chi connectivity index (χ0) is 14.5. The van der Waals surface area contributed by atoms with Crippen molar-refractivity contribution in [1.82, 2.24) is 9.97 Å². The highest BCUT2D eigenvalue weighted by Crippen LogP contribution is 2.23. The molecule has 0 unspecified atom stereocenters. The minimum atomic E-state index is 0.321. The summed E-state index contributed by atoms with van der Waals surface area (Å²) in [6.45, 7) is 9.43. The first-order chi connectivity index (χ1) is 9.60. The molecule has 2 rings (SSSR count). The van der Waals surface area contributed by atoms with Gasteiger partial charge in [0.15, 0.2) is 0 Å². The van der Waals surface area contributed by atoms with E-state index in [4.69, 9.17) is 4.98 Å². The second kappa shape index (κ2) is 6.51. The first kappa shape index (κ1) is 14.5. The van der Waals surface area contributed by atoms with Crippen molar-refractivity contribution in [2.75, 3.05) is 11.9 Å². The first-order valence-electron chi connectivity index (χ1n) is 7.30. The molecule has 3 heteroatoms. The lowest BCUT2D eigenvalue weighted by Gasteiger charge is -2.11. The fourth-order valence-corrected chi connectivity index (χ4v) is 2.02. The van der Waals surface area contributed by atoms with Crippen molar-refractivity contribution in [3.63, 3.8) is 0 Å². The topological polar surface area (TPSA) is 37.8 Å². The summed E-state index contributed by atoms with van der Waals surface area (Å²) in [5, 5.41) is 3.36. The summed E-state index contributed by atoms with van der Waals surface area (Å²) in [4.78, 5) is 9.30. The van der Waals surface area contributed by atoms with E-state index in [9.17, 15) is 0 Å². The molecule has 1 heterocycles. The molecule has 0 aliphatic heterocycles. The van der Waals surface area contributed by atoms with Gasteiger partial charge in [-0.25, -0.2) is 9.97 Å². The standard InChI is InChI=1S/C17H23N3/c1-5-9-18-16-11-15(19-17(20-16)12(2)3)14-8-6-7-13(4)10-14/h6-8,10-12H,5,9H2,1-4H3,(H,18,19,20). The van der Waals surface area contributed by atoms with Crippen molar-refractivity contribution in [3.8, 4) is 11.3 Å². The Morgan fingerprint density at radius 1 is 1.15 bits per heavy atom. The minimum absolute atomic E-state index is 0.321. The van der Waals surface area contributed by atoms with Crippen LogP contribution in [0.5, 0.6) is 0 Å². The number of hydrogen-bond acceptors (Lipinski definition) is 3. The van der Waals surface area contributed by atoms with E-state index >= 15 is 0 Å². The predicted molar refractivity (Wildman–Crippen MR) is 85.1 cm³/mol. The van der Waals surface area contributed by atoms with E-state index in [1.165, 1.54) is 5.56 Å². The van der Waals surface area contributed by atoms with Crippen LogP contribution >= 0.6 is 0 Å².